The first kappa shape index (κ1) is 18.3. The van der Waals surface area contributed by atoms with Gasteiger partial charge < -0.3 is 5.32 Å². The third kappa shape index (κ3) is 6.34. The van der Waals surface area contributed by atoms with Gasteiger partial charge in [-0.15, -0.1) is 0 Å². The first-order valence-corrected chi connectivity index (χ1v) is 8.45. The van der Waals surface area contributed by atoms with E-state index in [4.69, 9.17) is 0 Å². The van der Waals surface area contributed by atoms with Crippen molar-refractivity contribution in [3.63, 3.8) is 0 Å². The molecule has 0 atom stereocenters. The van der Waals surface area contributed by atoms with Crippen LogP contribution in [-0.4, -0.2) is 7.05 Å². The monoisotopic (exact) mass is 297 g/mol. The molecule has 1 nitrogen and oxygen atoms in total. The number of hydrogen-bond donors (Lipinski definition) is 1. The molecule has 1 aromatic carbocycles. The highest BCUT2D eigenvalue weighted by molar-refractivity contribution is 5.63. The number of unbranched alkanes of at least 4 members (excludes halogenated alkanes) is 2. The number of allylic oxidation sites excluding steroid dienone is 2. The van der Waals surface area contributed by atoms with Crippen LogP contribution in [0.5, 0.6) is 0 Å². The average molecular weight is 297 g/mol. The van der Waals surface area contributed by atoms with Crippen molar-refractivity contribution in [1.29, 1.82) is 0 Å². The molecule has 1 rings (SSSR count). The van der Waals surface area contributed by atoms with Gasteiger partial charge in [0.1, 0.15) is 0 Å². The van der Waals surface area contributed by atoms with E-state index in [2.05, 4.69) is 63.0 Å². The second-order valence-corrected chi connectivity index (χ2v) is 5.84. The van der Waals surface area contributed by atoms with Gasteiger partial charge in [-0.25, -0.2) is 0 Å². The first-order chi connectivity index (χ1) is 10.6. The molecule has 0 heterocycles. The molecule has 0 aliphatic rings. The van der Waals surface area contributed by atoms with Crippen LogP contribution in [0.4, 0.5) is 0 Å². The number of likely N-dealkylation sites (N-methyl/N-ethyl adjacent to an activating group) is 1. The van der Waals surface area contributed by atoms with Crippen molar-refractivity contribution in [2.75, 3.05) is 7.05 Å². The molecule has 0 amide bonds. The van der Waals surface area contributed by atoms with Gasteiger partial charge in [0.2, 0.25) is 0 Å². The fourth-order valence-electron chi connectivity index (χ4n) is 2.37. The van der Waals surface area contributed by atoms with Gasteiger partial charge in [-0.2, -0.15) is 0 Å². The van der Waals surface area contributed by atoms with E-state index in [9.17, 15) is 0 Å². The highest BCUT2D eigenvalue weighted by atomic mass is 14.8. The van der Waals surface area contributed by atoms with Gasteiger partial charge in [0.15, 0.2) is 0 Å². The van der Waals surface area contributed by atoms with Gasteiger partial charge in [-0.3, -0.25) is 0 Å². The van der Waals surface area contributed by atoms with Crippen molar-refractivity contribution >= 4 is 12.2 Å². The Morgan fingerprint density at radius 3 is 2.64 bits per heavy atom. The lowest BCUT2D eigenvalue weighted by Gasteiger charge is -2.08. The molecule has 0 unspecified atom stereocenters. The topological polar surface area (TPSA) is 12.0 Å². The molecule has 0 fully saturated rings. The molecule has 0 aromatic heterocycles. The highest BCUT2D eigenvalue weighted by Gasteiger charge is 2.00. The van der Waals surface area contributed by atoms with E-state index in [-0.39, 0.29) is 0 Å². The molecule has 0 spiro atoms. The summed E-state index contributed by atoms with van der Waals surface area (Å²) in [6.07, 6.45) is 12.8. The van der Waals surface area contributed by atoms with E-state index in [0.717, 1.165) is 12.1 Å². The van der Waals surface area contributed by atoms with Crippen LogP contribution in [0.15, 0.2) is 42.1 Å². The van der Waals surface area contributed by atoms with Crippen LogP contribution in [0.2, 0.25) is 0 Å². The predicted molar refractivity (Wildman–Crippen MR) is 101 cm³/mol. The summed E-state index contributed by atoms with van der Waals surface area (Å²) in [5, 5.41) is 3.04. The summed E-state index contributed by atoms with van der Waals surface area (Å²) in [6.45, 7) is 10.6. The lowest BCUT2D eigenvalue weighted by atomic mass is 9.98. The molecule has 0 bridgehead atoms. The Labute approximate surface area is 136 Å². The summed E-state index contributed by atoms with van der Waals surface area (Å²) in [5.74, 6) is 0. The summed E-state index contributed by atoms with van der Waals surface area (Å²) >= 11 is 0. The van der Waals surface area contributed by atoms with Gasteiger partial charge in [0.05, 0.1) is 0 Å². The Kier molecular flexibility index (Phi) is 8.35. The largest absolute Gasteiger partial charge is 0.389 e. The molecule has 0 aliphatic carbocycles. The minimum absolute atomic E-state index is 0.923. The summed E-state index contributed by atoms with van der Waals surface area (Å²) in [6, 6.07) is 6.63. The molecular weight excluding hydrogens is 266 g/mol. The summed E-state index contributed by atoms with van der Waals surface area (Å²) in [4.78, 5) is 0. The molecule has 22 heavy (non-hydrogen) atoms. The molecule has 1 heteroatoms. The summed E-state index contributed by atoms with van der Waals surface area (Å²) in [7, 11) is 1.89. The smallest absolute Gasteiger partial charge is 0.0264 e. The second-order valence-electron chi connectivity index (χ2n) is 5.84. The van der Waals surface area contributed by atoms with Crippen LogP contribution in [0, 0.1) is 6.92 Å². The van der Waals surface area contributed by atoms with Crippen LogP contribution in [0.1, 0.15) is 62.6 Å². The zero-order valence-corrected chi connectivity index (χ0v) is 14.7. The lowest BCUT2D eigenvalue weighted by Crippen LogP contribution is -2.00. The van der Waals surface area contributed by atoms with E-state index in [1.807, 2.05) is 13.1 Å². The quantitative estimate of drug-likeness (QED) is 0.428. The SMILES string of the molecule is C=C(/C=C/c1ccc(C)c(/C=C(\CC)CCCCC)c1)NC. The van der Waals surface area contributed by atoms with Crippen molar-refractivity contribution in [3.05, 3.63) is 58.8 Å². The minimum atomic E-state index is 0.923. The number of aryl methyl sites for hydroxylation is 1. The van der Waals surface area contributed by atoms with Gasteiger partial charge in [-0.05, 0) is 55.0 Å². The van der Waals surface area contributed by atoms with Gasteiger partial charge in [-0.1, -0.05) is 63.1 Å². The molecule has 0 radical (unpaired) electrons. The zero-order valence-electron chi connectivity index (χ0n) is 14.7. The average Bonchev–Trinajstić information content (AvgIpc) is 2.54. The van der Waals surface area contributed by atoms with Crippen LogP contribution < -0.4 is 5.32 Å². The standard InChI is InChI=1S/C21H31N/c1-6-8-9-10-19(7-2)15-21-16-20(13-11-17(21)3)14-12-18(4)22-5/h11-16,22H,4,6-10H2,1-3,5H3/b14-12+,19-15+. The fraction of sp³-hybridized carbons (Fsp3) is 0.429. The van der Waals surface area contributed by atoms with Crippen molar-refractivity contribution in [2.45, 2.75) is 52.9 Å². The summed E-state index contributed by atoms with van der Waals surface area (Å²) < 4.78 is 0. The summed E-state index contributed by atoms with van der Waals surface area (Å²) in [5.41, 5.74) is 6.37. The number of hydrogen-bond acceptors (Lipinski definition) is 1. The Morgan fingerprint density at radius 1 is 1.23 bits per heavy atom. The maximum absolute atomic E-state index is 3.92. The van der Waals surface area contributed by atoms with Crippen molar-refractivity contribution in [1.82, 2.24) is 5.32 Å². The molecule has 0 saturated carbocycles. The third-order valence-electron chi connectivity index (χ3n) is 4.02. The van der Waals surface area contributed by atoms with Crippen molar-refractivity contribution < 1.29 is 0 Å². The highest BCUT2D eigenvalue weighted by Crippen LogP contribution is 2.20. The molecule has 1 aromatic rings. The zero-order chi connectivity index (χ0) is 16.4. The minimum Gasteiger partial charge on any atom is -0.389 e. The Hall–Kier alpha value is -1.76. The van der Waals surface area contributed by atoms with E-state index in [1.54, 1.807) is 5.57 Å². The maximum Gasteiger partial charge on any atom is 0.0264 e. The van der Waals surface area contributed by atoms with E-state index < -0.39 is 0 Å². The van der Waals surface area contributed by atoms with Crippen LogP contribution in [-0.2, 0) is 0 Å². The third-order valence-corrected chi connectivity index (χ3v) is 4.02. The van der Waals surface area contributed by atoms with Crippen molar-refractivity contribution in [3.8, 4) is 0 Å². The molecule has 0 saturated heterocycles. The molecule has 0 aliphatic heterocycles. The second kappa shape index (κ2) is 10.0. The molecule has 120 valence electrons. The number of nitrogens with one attached hydrogen (secondary N) is 1. The van der Waals surface area contributed by atoms with E-state index in [1.165, 1.54) is 42.4 Å². The molecule has 1 N–H and O–H groups in total. The predicted octanol–water partition coefficient (Wildman–Crippen LogP) is 6.12. The Morgan fingerprint density at radius 2 is 2.00 bits per heavy atom. The van der Waals surface area contributed by atoms with Crippen molar-refractivity contribution in [2.24, 2.45) is 0 Å². The first-order valence-electron chi connectivity index (χ1n) is 8.45. The van der Waals surface area contributed by atoms with Crippen LogP contribution in [0.3, 0.4) is 0 Å². The Bertz CT molecular complexity index is 535. The maximum atomic E-state index is 3.92. The number of benzene rings is 1. The van der Waals surface area contributed by atoms with Crippen LogP contribution in [0.25, 0.3) is 12.2 Å². The normalized spacial score (nSPS) is 11.9. The van der Waals surface area contributed by atoms with Gasteiger partial charge in [0.25, 0.3) is 0 Å². The number of rotatable bonds is 9. The molecular formula is C21H31N. The van der Waals surface area contributed by atoms with E-state index >= 15 is 0 Å². The fourth-order valence-corrected chi connectivity index (χ4v) is 2.37. The lowest BCUT2D eigenvalue weighted by molar-refractivity contribution is 0.704. The van der Waals surface area contributed by atoms with Crippen LogP contribution >= 0.6 is 0 Å². The van der Waals surface area contributed by atoms with Gasteiger partial charge in [0, 0.05) is 12.7 Å². The van der Waals surface area contributed by atoms with Gasteiger partial charge >= 0.3 is 0 Å². The van der Waals surface area contributed by atoms with E-state index in [0.29, 0.717) is 0 Å². The Balaban J connectivity index is 2.92.